The molecule has 13 heavy (non-hydrogen) atoms. The highest BCUT2D eigenvalue weighted by molar-refractivity contribution is 6.30. The van der Waals surface area contributed by atoms with Crippen molar-refractivity contribution in [2.45, 2.75) is 5.54 Å². The molecule has 1 aliphatic rings. The SMILES string of the molecule is NC1(c2ncc(Cl)cc2F)COC1. The third-order valence-electron chi connectivity index (χ3n) is 2.00. The number of rotatable bonds is 1. The molecule has 0 saturated carbocycles. The number of hydrogen-bond acceptors (Lipinski definition) is 3. The third-order valence-corrected chi connectivity index (χ3v) is 2.21. The van der Waals surface area contributed by atoms with Crippen molar-refractivity contribution >= 4 is 11.6 Å². The summed E-state index contributed by atoms with van der Waals surface area (Å²) in [6.45, 7) is 0.608. The summed E-state index contributed by atoms with van der Waals surface area (Å²) in [6.07, 6.45) is 1.38. The van der Waals surface area contributed by atoms with Crippen LogP contribution in [0.15, 0.2) is 12.3 Å². The first-order valence-electron chi connectivity index (χ1n) is 3.80. The van der Waals surface area contributed by atoms with Crippen LogP contribution in [-0.4, -0.2) is 18.2 Å². The van der Waals surface area contributed by atoms with Gasteiger partial charge in [-0.3, -0.25) is 4.98 Å². The molecule has 0 aliphatic carbocycles. The van der Waals surface area contributed by atoms with E-state index < -0.39 is 11.4 Å². The molecule has 0 aromatic carbocycles. The zero-order valence-corrected chi connectivity index (χ0v) is 7.51. The standard InChI is InChI=1S/C8H8ClFN2O/c9-5-1-6(10)7(12-2-5)8(11)3-13-4-8/h1-2H,3-4,11H2. The quantitative estimate of drug-likeness (QED) is 0.741. The Morgan fingerprint density at radius 2 is 2.31 bits per heavy atom. The maximum atomic E-state index is 13.3. The molecular weight excluding hydrogens is 195 g/mol. The zero-order valence-electron chi connectivity index (χ0n) is 6.76. The molecule has 0 bridgehead atoms. The lowest BCUT2D eigenvalue weighted by Gasteiger charge is -2.37. The van der Waals surface area contributed by atoms with Crippen LogP contribution in [0.4, 0.5) is 4.39 Å². The number of ether oxygens (including phenoxy) is 1. The molecule has 1 aliphatic heterocycles. The van der Waals surface area contributed by atoms with Crippen LogP contribution in [0, 0.1) is 5.82 Å². The molecule has 0 amide bonds. The molecule has 0 radical (unpaired) electrons. The highest BCUT2D eigenvalue weighted by Crippen LogP contribution is 2.27. The molecule has 1 aromatic heterocycles. The van der Waals surface area contributed by atoms with Crippen molar-refractivity contribution in [2.24, 2.45) is 5.73 Å². The van der Waals surface area contributed by atoms with Crippen LogP contribution < -0.4 is 5.73 Å². The lowest BCUT2D eigenvalue weighted by atomic mass is 9.94. The fourth-order valence-corrected chi connectivity index (χ4v) is 1.38. The lowest BCUT2D eigenvalue weighted by molar-refractivity contribution is -0.0607. The van der Waals surface area contributed by atoms with Gasteiger partial charge in [0.05, 0.1) is 18.2 Å². The summed E-state index contributed by atoms with van der Waals surface area (Å²) in [5.74, 6) is -0.474. The Morgan fingerprint density at radius 3 is 2.77 bits per heavy atom. The maximum absolute atomic E-state index is 13.3. The van der Waals surface area contributed by atoms with Gasteiger partial charge in [0.25, 0.3) is 0 Å². The summed E-state index contributed by atoms with van der Waals surface area (Å²) < 4.78 is 18.2. The van der Waals surface area contributed by atoms with Gasteiger partial charge < -0.3 is 10.5 Å². The molecule has 0 unspecified atom stereocenters. The Morgan fingerprint density at radius 1 is 1.62 bits per heavy atom. The maximum Gasteiger partial charge on any atom is 0.148 e. The molecule has 1 aromatic rings. The number of aromatic nitrogens is 1. The van der Waals surface area contributed by atoms with Crippen LogP contribution in [-0.2, 0) is 10.3 Å². The predicted molar refractivity (Wildman–Crippen MR) is 45.9 cm³/mol. The van der Waals surface area contributed by atoms with Crippen LogP contribution in [0.3, 0.4) is 0 Å². The van der Waals surface area contributed by atoms with Gasteiger partial charge in [0.15, 0.2) is 0 Å². The predicted octanol–water partition coefficient (Wildman–Crippen LogP) is 1.06. The number of nitrogens with zero attached hydrogens (tertiary/aromatic N) is 1. The summed E-state index contributed by atoms with van der Waals surface area (Å²) in [5, 5.41) is 0.269. The van der Waals surface area contributed by atoms with Crippen molar-refractivity contribution in [1.29, 1.82) is 0 Å². The largest absolute Gasteiger partial charge is 0.377 e. The fourth-order valence-electron chi connectivity index (χ4n) is 1.24. The summed E-state index contributed by atoms with van der Waals surface area (Å²) >= 11 is 5.55. The van der Waals surface area contributed by atoms with Crippen molar-refractivity contribution in [3.8, 4) is 0 Å². The van der Waals surface area contributed by atoms with Crippen LogP contribution >= 0.6 is 11.6 Å². The van der Waals surface area contributed by atoms with E-state index >= 15 is 0 Å². The van der Waals surface area contributed by atoms with Gasteiger partial charge in [0, 0.05) is 6.20 Å². The number of halogens is 2. The molecule has 5 heteroatoms. The third kappa shape index (κ3) is 1.41. The number of pyridine rings is 1. The lowest BCUT2D eigenvalue weighted by Crippen LogP contribution is -2.55. The Bertz CT molecular complexity index is 341. The van der Waals surface area contributed by atoms with Crippen molar-refractivity contribution in [3.05, 3.63) is 28.8 Å². The normalized spacial score (nSPS) is 19.6. The highest BCUT2D eigenvalue weighted by atomic mass is 35.5. The van der Waals surface area contributed by atoms with Gasteiger partial charge in [0.2, 0.25) is 0 Å². The molecule has 1 fully saturated rings. The average Bonchev–Trinajstić information content (AvgIpc) is 2.00. The van der Waals surface area contributed by atoms with E-state index in [-0.39, 0.29) is 10.7 Å². The molecule has 1 saturated heterocycles. The molecular formula is C8H8ClFN2O. The van der Waals surface area contributed by atoms with Gasteiger partial charge in [-0.15, -0.1) is 0 Å². The molecule has 3 nitrogen and oxygen atoms in total. The van der Waals surface area contributed by atoms with Crippen molar-refractivity contribution in [1.82, 2.24) is 4.98 Å². The van der Waals surface area contributed by atoms with Crippen LogP contribution in [0.2, 0.25) is 5.02 Å². The van der Waals surface area contributed by atoms with E-state index in [1.165, 1.54) is 12.3 Å². The molecule has 2 rings (SSSR count). The van der Waals surface area contributed by atoms with E-state index in [1.54, 1.807) is 0 Å². The second-order valence-electron chi connectivity index (χ2n) is 3.13. The van der Waals surface area contributed by atoms with Gasteiger partial charge in [-0.1, -0.05) is 11.6 Å². The minimum Gasteiger partial charge on any atom is -0.377 e. The van der Waals surface area contributed by atoms with Gasteiger partial charge >= 0.3 is 0 Å². The summed E-state index contributed by atoms with van der Waals surface area (Å²) in [6, 6.07) is 1.21. The average molecular weight is 203 g/mol. The van der Waals surface area contributed by atoms with E-state index in [9.17, 15) is 4.39 Å². The smallest absolute Gasteiger partial charge is 0.148 e. The molecule has 2 N–H and O–H groups in total. The fraction of sp³-hybridized carbons (Fsp3) is 0.375. The number of nitrogens with two attached hydrogens (primary N) is 1. The van der Waals surface area contributed by atoms with Gasteiger partial charge in [-0.25, -0.2) is 4.39 Å². The van der Waals surface area contributed by atoms with Crippen molar-refractivity contribution < 1.29 is 9.13 Å². The van der Waals surface area contributed by atoms with E-state index in [1.807, 2.05) is 0 Å². The molecule has 70 valence electrons. The van der Waals surface area contributed by atoms with Crippen molar-refractivity contribution in [3.63, 3.8) is 0 Å². The van der Waals surface area contributed by atoms with E-state index in [4.69, 9.17) is 22.1 Å². The Balaban J connectivity index is 2.40. The highest BCUT2D eigenvalue weighted by Gasteiger charge is 2.39. The second kappa shape index (κ2) is 2.90. The van der Waals surface area contributed by atoms with E-state index in [0.717, 1.165) is 0 Å². The van der Waals surface area contributed by atoms with Gasteiger partial charge in [-0.2, -0.15) is 0 Å². The Hall–Kier alpha value is -0.710. The van der Waals surface area contributed by atoms with Crippen LogP contribution in [0.25, 0.3) is 0 Å². The van der Waals surface area contributed by atoms with Gasteiger partial charge in [-0.05, 0) is 6.07 Å². The molecule has 0 atom stereocenters. The van der Waals surface area contributed by atoms with Gasteiger partial charge in [0.1, 0.15) is 17.1 Å². The monoisotopic (exact) mass is 202 g/mol. The topological polar surface area (TPSA) is 48.1 Å². The summed E-state index contributed by atoms with van der Waals surface area (Å²) in [5.41, 5.74) is 5.26. The first-order chi connectivity index (χ1) is 6.12. The first-order valence-corrected chi connectivity index (χ1v) is 4.18. The second-order valence-corrected chi connectivity index (χ2v) is 3.57. The first kappa shape index (κ1) is 8.87. The molecule has 2 heterocycles. The Labute approximate surface area is 79.7 Å². The number of hydrogen-bond donors (Lipinski definition) is 1. The van der Waals surface area contributed by atoms with Crippen LogP contribution in [0.1, 0.15) is 5.69 Å². The Kier molecular flexibility index (Phi) is 1.98. The minimum absolute atomic E-state index is 0.225. The summed E-state index contributed by atoms with van der Waals surface area (Å²) in [4.78, 5) is 3.86. The van der Waals surface area contributed by atoms with Crippen LogP contribution in [0.5, 0.6) is 0 Å². The summed E-state index contributed by atoms with van der Waals surface area (Å²) in [7, 11) is 0. The van der Waals surface area contributed by atoms with Crippen molar-refractivity contribution in [2.75, 3.05) is 13.2 Å². The molecule has 0 spiro atoms. The van der Waals surface area contributed by atoms with E-state index in [2.05, 4.69) is 4.98 Å². The minimum atomic E-state index is -0.769. The zero-order chi connectivity index (χ0) is 9.47. The van der Waals surface area contributed by atoms with E-state index in [0.29, 0.717) is 13.2 Å².